The molecule has 0 spiro atoms. The van der Waals surface area contributed by atoms with Crippen LogP contribution in [0.3, 0.4) is 0 Å². The van der Waals surface area contributed by atoms with Crippen LogP contribution in [0.15, 0.2) is 12.1 Å². The Morgan fingerprint density at radius 2 is 2.30 bits per heavy atom. The maximum absolute atomic E-state index is 5.86. The van der Waals surface area contributed by atoms with E-state index in [0.717, 1.165) is 11.9 Å². The van der Waals surface area contributed by atoms with Gasteiger partial charge in [0.15, 0.2) is 0 Å². The first-order valence-corrected chi connectivity index (χ1v) is 7.66. The number of nitrogen functional groups attached to an aromatic ring is 1. The summed E-state index contributed by atoms with van der Waals surface area (Å²) in [7, 11) is 0. The Bertz CT molecular complexity index is 465. The predicted octanol–water partition coefficient (Wildman–Crippen LogP) is 2.10. The van der Waals surface area contributed by atoms with E-state index in [-0.39, 0.29) is 0 Å². The van der Waals surface area contributed by atoms with E-state index in [1.54, 1.807) is 0 Å². The SMILES string of the molecule is CCOc1nc(NC2CCN3CCCC3C2)ccc1N. The number of piperidine rings is 1. The Labute approximate surface area is 120 Å². The molecule has 0 aliphatic carbocycles. The molecule has 0 bridgehead atoms. The summed E-state index contributed by atoms with van der Waals surface area (Å²) in [5, 5.41) is 3.55. The summed E-state index contributed by atoms with van der Waals surface area (Å²) in [6.07, 6.45) is 5.10. The smallest absolute Gasteiger partial charge is 0.239 e. The molecule has 2 aliphatic rings. The van der Waals surface area contributed by atoms with Crippen LogP contribution in [0.4, 0.5) is 11.5 Å². The molecule has 5 heteroatoms. The monoisotopic (exact) mass is 276 g/mol. The van der Waals surface area contributed by atoms with Crippen LogP contribution >= 0.6 is 0 Å². The molecule has 2 atom stereocenters. The van der Waals surface area contributed by atoms with Gasteiger partial charge in [-0.05, 0) is 51.3 Å². The van der Waals surface area contributed by atoms with Gasteiger partial charge < -0.3 is 20.7 Å². The normalized spacial score (nSPS) is 26.2. The summed E-state index contributed by atoms with van der Waals surface area (Å²) >= 11 is 0. The molecule has 1 aromatic heterocycles. The summed E-state index contributed by atoms with van der Waals surface area (Å²) in [5.41, 5.74) is 6.46. The van der Waals surface area contributed by atoms with Crippen molar-refractivity contribution in [2.75, 3.05) is 30.7 Å². The number of nitrogens with one attached hydrogen (secondary N) is 1. The van der Waals surface area contributed by atoms with Crippen LogP contribution in [0.2, 0.25) is 0 Å². The van der Waals surface area contributed by atoms with Gasteiger partial charge in [0.25, 0.3) is 0 Å². The first-order valence-electron chi connectivity index (χ1n) is 7.66. The fourth-order valence-corrected chi connectivity index (χ4v) is 3.35. The molecule has 0 radical (unpaired) electrons. The first-order chi connectivity index (χ1) is 9.76. The van der Waals surface area contributed by atoms with Crippen LogP contribution < -0.4 is 15.8 Å². The van der Waals surface area contributed by atoms with Crippen molar-refractivity contribution in [3.63, 3.8) is 0 Å². The number of anilines is 2. The van der Waals surface area contributed by atoms with Crippen LogP contribution in [0.5, 0.6) is 5.88 Å². The molecule has 110 valence electrons. The minimum atomic E-state index is 0.514. The number of hydrogen-bond acceptors (Lipinski definition) is 5. The first kappa shape index (κ1) is 13.5. The molecule has 3 heterocycles. The van der Waals surface area contributed by atoms with E-state index in [4.69, 9.17) is 10.5 Å². The molecule has 2 saturated heterocycles. The van der Waals surface area contributed by atoms with E-state index >= 15 is 0 Å². The molecule has 5 nitrogen and oxygen atoms in total. The molecular weight excluding hydrogens is 252 g/mol. The molecule has 0 saturated carbocycles. The lowest BCUT2D eigenvalue weighted by molar-refractivity contribution is 0.188. The Balaban J connectivity index is 1.64. The average molecular weight is 276 g/mol. The van der Waals surface area contributed by atoms with Crippen LogP contribution in [0.25, 0.3) is 0 Å². The Hall–Kier alpha value is -1.49. The summed E-state index contributed by atoms with van der Waals surface area (Å²) < 4.78 is 5.45. The van der Waals surface area contributed by atoms with E-state index in [9.17, 15) is 0 Å². The van der Waals surface area contributed by atoms with Gasteiger partial charge in [-0.25, -0.2) is 0 Å². The van der Waals surface area contributed by atoms with Gasteiger partial charge in [-0.15, -0.1) is 0 Å². The van der Waals surface area contributed by atoms with Gasteiger partial charge >= 0.3 is 0 Å². The highest BCUT2D eigenvalue weighted by Gasteiger charge is 2.31. The predicted molar refractivity (Wildman–Crippen MR) is 81.1 cm³/mol. The summed E-state index contributed by atoms with van der Waals surface area (Å²) in [5.74, 6) is 1.41. The lowest BCUT2D eigenvalue weighted by Crippen LogP contribution is -2.42. The molecule has 0 amide bonds. The van der Waals surface area contributed by atoms with Crippen LogP contribution in [0, 0.1) is 0 Å². The van der Waals surface area contributed by atoms with Crippen molar-refractivity contribution in [3.8, 4) is 5.88 Å². The van der Waals surface area contributed by atoms with Crippen LogP contribution in [-0.4, -0.2) is 41.7 Å². The lowest BCUT2D eigenvalue weighted by atomic mass is 9.97. The number of nitrogens with zero attached hydrogens (tertiary/aromatic N) is 2. The molecule has 1 aromatic rings. The standard InChI is InChI=1S/C15H24N4O/c1-2-20-15-13(16)5-6-14(18-15)17-11-7-9-19-8-3-4-12(19)10-11/h5-6,11-12H,2-4,7-10,16H2,1H3,(H,17,18). The van der Waals surface area contributed by atoms with E-state index in [0.29, 0.717) is 24.2 Å². The number of nitrogens with two attached hydrogens (primary N) is 1. The maximum atomic E-state index is 5.86. The minimum Gasteiger partial charge on any atom is -0.476 e. The van der Waals surface area contributed by atoms with Gasteiger partial charge in [0.05, 0.1) is 12.3 Å². The number of ether oxygens (including phenoxy) is 1. The fourth-order valence-electron chi connectivity index (χ4n) is 3.35. The van der Waals surface area contributed by atoms with Crippen LogP contribution in [-0.2, 0) is 0 Å². The summed E-state index contributed by atoms with van der Waals surface area (Å²) in [4.78, 5) is 7.09. The van der Waals surface area contributed by atoms with Gasteiger partial charge in [0, 0.05) is 18.6 Å². The quantitative estimate of drug-likeness (QED) is 0.882. The second-order valence-corrected chi connectivity index (χ2v) is 5.72. The van der Waals surface area contributed by atoms with Crippen molar-refractivity contribution < 1.29 is 4.74 Å². The average Bonchev–Trinajstić information content (AvgIpc) is 2.90. The zero-order valence-corrected chi connectivity index (χ0v) is 12.1. The van der Waals surface area contributed by atoms with Gasteiger partial charge in [-0.2, -0.15) is 4.98 Å². The highest BCUT2D eigenvalue weighted by molar-refractivity contribution is 5.53. The van der Waals surface area contributed by atoms with Crippen molar-refractivity contribution in [1.29, 1.82) is 0 Å². The number of aromatic nitrogens is 1. The third kappa shape index (κ3) is 2.82. The maximum Gasteiger partial charge on any atom is 0.239 e. The number of fused-ring (bicyclic) bond motifs is 1. The Kier molecular flexibility index (Phi) is 3.96. The molecule has 3 N–H and O–H groups in total. The van der Waals surface area contributed by atoms with Crippen molar-refractivity contribution in [1.82, 2.24) is 9.88 Å². The zero-order chi connectivity index (χ0) is 13.9. The fraction of sp³-hybridized carbons (Fsp3) is 0.667. The topological polar surface area (TPSA) is 63.4 Å². The van der Waals surface area contributed by atoms with Crippen LogP contribution in [0.1, 0.15) is 32.6 Å². The second kappa shape index (κ2) is 5.87. The second-order valence-electron chi connectivity index (χ2n) is 5.72. The van der Waals surface area contributed by atoms with E-state index < -0.39 is 0 Å². The molecule has 3 rings (SSSR count). The molecule has 2 fully saturated rings. The van der Waals surface area contributed by atoms with Crippen molar-refractivity contribution in [2.45, 2.75) is 44.7 Å². The molecule has 2 aliphatic heterocycles. The summed E-state index contributed by atoms with van der Waals surface area (Å²) in [6.45, 7) is 5.01. The van der Waals surface area contributed by atoms with Gasteiger partial charge in [-0.3, -0.25) is 0 Å². The highest BCUT2D eigenvalue weighted by atomic mass is 16.5. The third-order valence-corrected chi connectivity index (χ3v) is 4.34. The largest absolute Gasteiger partial charge is 0.476 e. The summed E-state index contributed by atoms with van der Waals surface area (Å²) in [6, 6.07) is 5.09. The Morgan fingerprint density at radius 1 is 1.40 bits per heavy atom. The number of hydrogen-bond donors (Lipinski definition) is 2. The minimum absolute atomic E-state index is 0.514. The molecule has 0 aromatic carbocycles. The van der Waals surface area contributed by atoms with E-state index in [1.807, 2.05) is 19.1 Å². The Morgan fingerprint density at radius 3 is 3.15 bits per heavy atom. The lowest BCUT2D eigenvalue weighted by Gasteiger charge is -2.35. The molecule has 2 unspecified atom stereocenters. The van der Waals surface area contributed by atoms with Crippen molar-refractivity contribution in [3.05, 3.63) is 12.1 Å². The van der Waals surface area contributed by atoms with Gasteiger partial charge in [0.1, 0.15) is 5.82 Å². The number of pyridine rings is 1. The zero-order valence-electron chi connectivity index (χ0n) is 12.1. The van der Waals surface area contributed by atoms with E-state index in [2.05, 4.69) is 15.2 Å². The van der Waals surface area contributed by atoms with Gasteiger partial charge in [-0.1, -0.05) is 0 Å². The molecular formula is C15H24N4O. The van der Waals surface area contributed by atoms with Crippen molar-refractivity contribution in [2.24, 2.45) is 0 Å². The third-order valence-electron chi connectivity index (χ3n) is 4.34. The number of rotatable bonds is 4. The highest BCUT2D eigenvalue weighted by Crippen LogP contribution is 2.29. The van der Waals surface area contributed by atoms with E-state index in [1.165, 1.54) is 38.8 Å². The van der Waals surface area contributed by atoms with Crippen molar-refractivity contribution >= 4 is 11.5 Å². The van der Waals surface area contributed by atoms with Gasteiger partial charge in [0.2, 0.25) is 5.88 Å². The molecule has 20 heavy (non-hydrogen) atoms.